The molecule has 1 aliphatic heterocycles. The zero-order valence-corrected chi connectivity index (χ0v) is 7.97. The largest absolute Gasteiger partial charge is 0.481 e. The van der Waals surface area contributed by atoms with E-state index in [1.54, 1.807) is 4.68 Å². The summed E-state index contributed by atoms with van der Waals surface area (Å²) in [6, 6.07) is 1.88. The molecule has 2 atom stereocenters. The predicted molar refractivity (Wildman–Crippen MR) is 49.9 cm³/mol. The standard InChI is InChI=1S/C9H13N3O2/c1-12-3-2-8(11-12)6-4-10-5-7(6)9(13)14/h2-3,6-7,10H,4-5H2,1H3,(H,13,14). The lowest BCUT2D eigenvalue weighted by Gasteiger charge is -2.11. The number of carboxylic acid groups (broad SMARTS) is 1. The van der Waals surface area contributed by atoms with Crippen molar-refractivity contribution in [3.8, 4) is 0 Å². The minimum atomic E-state index is -0.745. The Morgan fingerprint density at radius 2 is 2.50 bits per heavy atom. The van der Waals surface area contributed by atoms with Crippen molar-refractivity contribution in [3.05, 3.63) is 18.0 Å². The van der Waals surface area contributed by atoms with E-state index in [9.17, 15) is 4.79 Å². The summed E-state index contributed by atoms with van der Waals surface area (Å²) in [4.78, 5) is 10.9. The van der Waals surface area contributed by atoms with Crippen molar-refractivity contribution in [2.45, 2.75) is 5.92 Å². The maximum Gasteiger partial charge on any atom is 0.308 e. The van der Waals surface area contributed by atoms with Crippen LogP contribution in [0.25, 0.3) is 0 Å². The van der Waals surface area contributed by atoms with Gasteiger partial charge in [0.05, 0.1) is 11.6 Å². The minimum absolute atomic E-state index is 0.00806. The summed E-state index contributed by atoms with van der Waals surface area (Å²) in [6.45, 7) is 1.24. The van der Waals surface area contributed by atoms with Crippen LogP contribution in [-0.2, 0) is 11.8 Å². The maximum absolute atomic E-state index is 10.9. The van der Waals surface area contributed by atoms with Crippen LogP contribution < -0.4 is 5.32 Å². The van der Waals surface area contributed by atoms with Crippen LogP contribution in [0.1, 0.15) is 11.6 Å². The van der Waals surface area contributed by atoms with Crippen LogP contribution in [0.3, 0.4) is 0 Å². The van der Waals surface area contributed by atoms with Gasteiger partial charge in [-0.3, -0.25) is 9.48 Å². The molecule has 2 unspecified atom stereocenters. The third kappa shape index (κ3) is 1.50. The number of nitrogens with one attached hydrogen (secondary N) is 1. The van der Waals surface area contributed by atoms with Crippen LogP contribution >= 0.6 is 0 Å². The Labute approximate surface area is 81.7 Å². The lowest BCUT2D eigenvalue weighted by Crippen LogP contribution is -2.21. The fourth-order valence-electron chi connectivity index (χ4n) is 1.88. The number of carboxylic acids is 1. The number of hydrogen-bond donors (Lipinski definition) is 2. The smallest absolute Gasteiger partial charge is 0.308 e. The molecule has 0 saturated carbocycles. The molecule has 14 heavy (non-hydrogen) atoms. The van der Waals surface area contributed by atoms with Crippen molar-refractivity contribution < 1.29 is 9.90 Å². The van der Waals surface area contributed by atoms with Crippen LogP contribution in [0.15, 0.2) is 12.3 Å². The summed E-state index contributed by atoms with van der Waals surface area (Å²) in [5.41, 5.74) is 0.866. The highest BCUT2D eigenvalue weighted by Crippen LogP contribution is 2.26. The molecular weight excluding hydrogens is 182 g/mol. The second-order valence-electron chi connectivity index (χ2n) is 3.62. The number of nitrogens with zero attached hydrogens (tertiary/aromatic N) is 2. The SMILES string of the molecule is Cn1ccc(C2CNCC2C(=O)O)n1. The van der Waals surface area contributed by atoms with Gasteiger partial charge in [-0.1, -0.05) is 0 Å². The summed E-state index contributed by atoms with van der Waals surface area (Å²) in [5.74, 6) is -1.08. The first-order valence-corrected chi connectivity index (χ1v) is 4.61. The maximum atomic E-state index is 10.9. The fourth-order valence-corrected chi connectivity index (χ4v) is 1.88. The van der Waals surface area contributed by atoms with Crippen molar-refractivity contribution >= 4 is 5.97 Å². The predicted octanol–water partition coefficient (Wildman–Crippen LogP) is -0.192. The van der Waals surface area contributed by atoms with E-state index >= 15 is 0 Å². The molecule has 0 bridgehead atoms. The monoisotopic (exact) mass is 195 g/mol. The van der Waals surface area contributed by atoms with Gasteiger partial charge in [0.2, 0.25) is 0 Å². The Hall–Kier alpha value is -1.36. The van der Waals surface area contributed by atoms with Gasteiger partial charge in [0.25, 0.3) is 0 Å². The van der Waals surface area contributed by atoms with E-state index in [1.165, 1.54) is 0 Å². The number of aliphatic carboxylic acids is 1. The molecule has 1 aromatic heterocycles. The number of aromatic nitrogens is 2. The molecule has 2 heterocycles. The molecule has 1 saturated heterocycles. The van der Waals surface area contributed by atoms with Gasteiger partial charge in [0.15, 0.2) is 0 Å². The molecule has 1 fully saturated rings. The minimum Gasteiger partial charge on any atom is -0.481 e. The third-order valence-electron chi connectivity index (χ3n) is 2.65. The second-order valence-corrected chi connectivity index (χ2v) is 3.62. The van der Waals surface area contributed by atoms with Crippen LogP contribution in [0.5, 0.6) is 0 Å². The fraction of sp³-hybridized carbons (Fsp3) is 0.556. The normalized spacial score (nSPS) is 26.6. The van der Waals surface area contributed by atoms with Gasteiger partial charge in [0.1, 0.15) is 0 Å². The number of rotatable bonds is 2. The number of hydrogen-bond acceptors (Lipinski definition) is 3. The zero-order valence-electron chi connectivity index (χ0n) is 7.97. The Balaban J connectivity index is 2.21. The summed E-state index contributed by atoms with van der Waals surface area (Å²) in [6.07, 6.45) is 1.84. The van der Waals surface area contributed by atoms with Crippen LogP contribution in [0, 0.1) is 5.92 Å². The van der Waals surface area contributed by atoms with E-state index in [0.29, 0.717) is 13.1 Å². The molecular formula is C9H13N3O2. The average Bonchev–Trinajstić information content (AvgIpc) is 2.70. The highest BCUT2D eigenvalue weighted by Gasteiger charge is 2.35. The highest BCUT2D eigenvalue weighted by atomic mass is 16.4. The Bertz CT molecular complexity index is 348. The van der Waals surface area contributed by atoms with Crippen LogP contribution in [0.4, 0.5) is 0 Å². The first-order valence-electron chi connectivity index (χ1n) is 4.61. The van der Waals surface area contributed by atoms with E-state index < -0.39 is 5.97 Å². The van der Waals surface area contributed by atoms with E-state index in [4.69, 9.17) is 5.11 Å². The molecule has 1 aromatic rings. The molecule has 0 radical (unpaired) electrons. The summed E-state index contributed by atoms with van der Waals surface area (Å²) >= 11 is 0. The lowest BCUT2D eigenvalue weighted by molar-refractivity contribution is -0.141. The first-order chi connectivity index (χ1) is 6.68. The zero-order chi connectivity index (χ0) is 10.1. The van der Waals surface area contributed by atoms with Gasteiger partial charge < -0.3 is 10.4 Å². The first kappa shape index (κ1) is 9.21. The molecule has 0 spiro atoms. The van der Waals surface area contributed by atoms with Gasteiger partial charge in [0, 0.05) is 32.3 Å². The van der Waals surface area contributed by atoms with Gasteiger partial charge in [-0.05, 0) is 6.07 Å². The van der Waals surface area contributed by atoms with Crippen molar-refractivity contribution in [2.75, 3.05) is 13.1 Å². The number of aryl methyl sites for hydroxylation is 1. The Kier molecular flexibility index (Phi) is 2.25. The third-order valence-corrected chi connectivity index (χ3v) is 2.65. The van der Waals surface area contributed by atoms with E-state index in [0.717, 1.165) is 5.69 Å². The van der Waals surface area contributed by atoms with Gasteiger partial charge in [-0.25, -0.2) is 0 Å². The molecule has 0 aromatic carbocycles. The van der Waals surface area contributed by atoms with Crippen molar-refractivity contribution in [1.29, 1.82) is 0 Å². The molecule has 0 amide bonds. The Morgan fingerprint density at radius 3 is 3.07 bits per heavy atom. The highest BCUT2D eigenvalue weighted by molar-refractivity contribution is 5.72. The second kappa shape index (κ2) is 3.42. The summed E-state index contributed by atoms with van der Waals surface area (Å²) in [7, 11) is 1.83. The van der Waals surface area contributed by atoms with Crippen molar-refractivity contribution in [2.24, 2.45) is 13.0 Å². The lowest BCUT2D eigenvalue weighted by atomic mass is 9.93. The molecule has 2 N–H and O–H groups in total. The molecule has 5 heteroatoms. The Morgan fingerprint density at radius 1 is 1.71 bits per heavy atom. The van der Waals surface area contributed by atoms with Crippen LogP contribution in [0.2, 0.25) is 0 Å². The van der Waals surface area contributed by atoms with E-state index in [2.05, 4.69) is 10.4 Å². The topological polar surface area (TPSA) is 67.2 Å². The van der Waals surface area contributed by atoms with Gasteiger partial charge in [-0.2, -0.15) is 5.10 Å². The van der Waals surface area contributed by atoms with Crippen molar-refractivity contribution in [3.63, 3.8) is 0 Å². The molecule has 2 rings (SSSR count). The summed E-state index contributed by atoms with van der Waals surface area (Å²) in [5, 5.41) is 16.3. The van der Waals surface area contributed by atoms with Crippen molar-refractivity contribution in [1.82, 2.24) is 15.1 Å². The average molecular weight is 195 g/mol. The van der Waals surface area contributed by atoms with Crippen LogP contribution in [-0.4, -0.2) is 33.9 Å². The molecule has 5 nitrogen and oxygen atoms in total. The van der Waals surface area contributed by atoms with Gasteiger partial charge >= 0.3 is 5.97 Å². The number of carbonyl (C=O) groups is 1. The van der Waals surface area contributed by atoms with E-state index in [-0.39, 0.29) is 11.8 Å². The molecule has 1 aliphatic rings. The summed E-state index contributed by atoms with van der Waals surface area (Å²) < 4.78 is 1.70. The quantitative estimate of drug-likeness (QED) is 0.686. The van der Waals surface area contributed by atoms with Gasteiger partial charge in [-0.15, -0.1) is 0 Å². The molecule has 76 valence electrons. The molecule has 0 aliphatic carbocycles. The van der Waals surface area contributed by atoms with E-state index in [1.807, 2.05) is 19.3 Å².